The molecule has 8 heteroatoms. The van der Waals surface area contributed by atoms with Crippen LogP contribution in [0.4, 0.5) is 5.69 Å². The molecule has 8 nitrogen and oxygen atoms in total. The van der Waals surface area contributed by atoms with Crippen molar-refractivity contribution >= 4 is 28.3 Å². The van der Waals surface area contributed by atoms with Crippen LogP contribution in [0.25, 0.3) is 10.8 Å². The van der Waals surface area contributed by atoms with Crippen LogP contribution in [0.3, 0.4) is 0 Å². The number of aromatic amines is 1. The van der Waals surface area contributed by atoms with Gasteiger partial charge in [0.25, 0.3) is 5.56 Å². The quantitative estimate of drug-likeness (QED) is 0.606. The summed E-state index contributed by atoms with van der Waals surface area (Å²) in [5.41, 5.74) is 0.766. The Bertz CT molecular complexity index is 1040. The lowest BCUT2D eigenvalue weighted by Gasteiger charge is -2.09. The van der Waals surface area contributed by atoms with Crippen molar-refractivity contribution in [2.24, 2.45) is 0 Å². The largest absolute Gasteiger partial charge is 0.482 e. The van der Waals surface area contributed by atoms with Gasteiger partial charge in [0.15, 0.2) is 6.61 Å². The van der Waals surface area contributed by atoms with Crippen molar-refractivity contribution in [3.8, 4) is 5.75 Å². The van der Waals surface area contributed by atoms with Crippen molar-refractivity contribution in [2.45, 2.75) is 13.3 Å². The summed E-state index contributed by atoms with van der Waals surface area (Å²) in [5, 5.41) is 10.3. The molecule has 0 atom stereocenters. The molecule has 1 amide bonds. The van der Waals surface area contributed by atoms with Gasteiger partial charge in [-0.1, -0.05) is 18.2 Å². The van der Waals surface area contributed by atoms with Gasteiger partial charge in [-0.15, -0.1) is 0 Å². The molecule has 0 aliphatic heterocycles. The number of ether oxygens (including phenoxy) is 2. The minimum atomic E-state index is -0.444. The molecular formula is C20H19N3O5. The SMILES string of the molecule is CCOC(=O)COc1ccc(NC(=O)Cc2n[nH]c(=O)c3ccccc23)cc1. The maximum atomic E-state index is 12.3. The predicted molar refractivity (Wildman–Crippen MR) is 103 cm³/mol. The molecule has 0 saturated carbocycles. The van der Waals surface area contributed by atoms with E-state index in [0.717, 1.165) is 0 Å². The van der Waals surface area contributed by atoms with Crippen molar-refractivity contribution < 1.29 is 19.1 Å². The van der Waals surface area contributed by atoms with Gasteiger partial charge in [-0.2, -0.15) is 5.10 Å². The van der Waals surface area contributed by atoms with Crippen LogP contribution in [0.15, 0.2) is 53.3 Å². The Hall–Kier alpha value is -3.68. The van der Waals surface area contributed by atoms with Crippen molar-refractivity contribution in [3.63, 3.8) is 0 Å². The number of H-pyrrole nitrogens is 1. The topological polar surface area (TPSA) is 110 Å². The summed E-state index contributed by atoms with van der Waals surface area (Å²) < 4.78 is 10.1. The second kappa shape index (κ2) is 8.81. The third kappa shape index (κ3) is 4.73. The van der Waals surface area contributed by atoms with Crippen molar-refractivity contribution in [2.75, 3.05) is 18.5 Å². The van der Waals surface area contributed by atoms with Gasteiger partial charge in [0, 0.05) is 11.1 Å². The first kappa shape index (κ1) is 19.1. The van der Waals surface area contributed by atoms with Gasteiger partial charge in [-0.25, -0.2) is 9.89 Å². The van der Waals surface area contributed by atoms with Gasteiger partial charge >= 0.3 is 5.97 Å². The standard InChI is InChI=1S/C20H19N3O5/c1-2-27-19(25)12-28-14-9-7-13(8-10-14)21-18(24)11-17-15-5-3-4-6-16(15)20(26)23-22-17/h3-10H,2,11-12H2,1H3,(H,21,24)(H,23,26). The lowest BCUT2D eigenvalue weighted by Crippen LogP contribution is -2.18. The van der Waals surface area contributed by atoms with E-state index in [2.05, 4.69) is 15.5 Å². The third-order valence-corrected chi connectivity index (χ3v) is 3.90. The fourth-order valence-electron chi connectivity index (χ4n) is 2.64. The van der Waals surface area contributed by atoms with Crippen LogP contribution in [0, 0.1) is 0 Å². The Labute approximate surface area is 160 Å². The lowest BCUT2D eigenvalue weighted by molar-refractivity contribution is -0.145. The highest BCUT2D eigenvalue weighted by Gasteiger charge is 2.11. The summed E-state index contributed by atoms with van der Waals surface area (Å²) in [6, 6.07) is 13.6. The number of esters is 1. The molecule has 144 valence electrons. The molecule has 0 bridgehead atoms. The van der Waals surface area contributed by atoms with Gasteiger partial charge < -0.3 is 14.8 Å². The normalized spacial score (nSPS) is 10.5. The second-order valence-corrected chi connectivity index (χ2v) is 5.89. The molecule has 28 heavy (non-hydrogen) atoms. The van der Waals surface area contributed by atoms with Crippen LogP contribution in [0.5, 0.6) is 5.75 Å². The average Bonchev–Trinajstić information content (AvgIpc) is 2.70. The van der Waals surface area contributed by atoms with Crippen LogP contribution in [-0.4, -0.2) is 35.3 Å². The number of amides is 1. The molecule has 3 aromatic rings. The number of nitrogens with one attached hydrogen (secondary N) is 2. The van der Waals surface area contributed by atoms with Crippen molar-refractivity contribution in [1.82, 2.24) is 10.2 Å². The zero-order valence-corrected chi connectivity index (χ0v) is 15.2. The Morgan fingerprint density at radius 1 is 1.07 bits per heavy atom. The van der Waals surface area contributed by atoms with Gasteiger partial charge in [0.1, 0.15) is 5.75 Å². The number of hydrogen-bond acceptors (Lipinski definition) is 6. The molecule has 0 aliphatic rings. The molecule has 0 aliphatic carbocycles. The first-order chi connectivity index (χ1) is 13.6. The Morgan fingerprint density at radius 3 is 2.50 bits per heavy atom. The summed E-state index contributed by atoms with van der Waals surface area (Å²) in [5.74, 6) is -0.232. The van der Waals surface area contributed by atoms with Crippen molar-refractivity contribution in [1.29, 1.82) is 0 Å². The van der Waals surface area contributed by atoms with Crippen LogP contribution < -0.4 is 15.6 Å². The Balaban J connectivity index is 1.62. The zero-order valence-electron chi connectivity index (χ0n) is 15.2. The summed E-state index contributed by atoms with van der Waals surface area (Å²) in [7, 11) is 0. The summed E-state index contributed by atoms with van der Waals surface area (Å²) in [6.45, 7) is 1.85. The van der Waals surface area contributed by atoms with E-state index >= 15 is 0 Å². The van der Waals surface area contributed by atoms with Crippen LogP contribution in [0.2, 0.25) is 0 Å². The van der Waals surface area contributed by atoms with E-state index in [9.17, 15) is 14.4 Å². The minimum absolute atomic E-state index is 0.0123. The monoisotopic (exact) mass is 381 g/mol. The van der Waals surface area contributed by atoms with Crippen LogP contribution in [-0.2, 0) is 20.7 Å². The minimum Gasteiger partial charge on any atom is -0.482 e. The van der Waals surface area contributed by atoms with E-state index in [0.29, 0.717) is 34.5 Å². The second-order valence-electron chi connectivity index (χ2n) is 5.89. The van der Waals surface area contributed by atoms with E-state index in [4.69, 9.17) is 9.47 Å². The molecule has 1 aromatic heterocycles. The molecule has 2 aromatic carbocycles. The molecule has 1 heterocycles. The molecule has 0 spiro atoms. The molecule has 0 unspecified atom stereocenters. The fourth-order valence-corrected chi connectivity index (χ4v) is 2.64. The maximum Gasteiger partial charge on any atom is 0.344 e. The average molecular weight is 381 g/mol. The summed E-state index contributed by atoms with van der Waals surface area (Å²) in [6.07, 6.45) is 0.0123. The van der Waals surface area contributed by atoms with E-state index in [1.165, 1.54) is 0 Å². The number of rotatable bonds is 7. The van der Waals surface area contributed by atoms with Crippen molar-refractivity contribution in [3.05, 3.63) is 64.6 Å². The van der Waals surface area contributed by atoms with E-state index in [-0.39, 0.29) is 24.5 Å². The number of benzene rings is 2. The maximum absolute atomic E-state index is 12.3. The third-order valence-electron chi connectivity index (χ3n) is 3.90. The molecular weight excluding hydrogens is 362 g/mol. The first-order valence-corrected chi connectivity index (χ1v) is 8.71. The highest BCUT2D eigenvalue weighted by molar-refractivity contribution is 5.95. The number of anilines is 1. The molecule has 2 N–H and O–H groups in total. The van der Waals surface area contributed by atoms with Gasteiger partial charge in [-0.3, -0.25) is 9.59 Å². The zero-order chi connectivity index (χ0) is 19.9. The number of nitrogens with zero attached hydrogens (tertiary/aromatic N) is 1. The number of fused-ring (bicyclic) bond motifs is 1. The van der Waals surface area contributed by atoms with Gasteiger partial charge in [0.2, 0.25) is 5.91 Å². The summed E-state index contributed by atoms with van der Waals surface area (Å²) >= 11 is 0. The predicted octanol–water partition coefficient (Wildman–Crippen LogP) is 2.05. The highest BCUT2D eigenvalue weighted by Crippen LogP contribution is 2.17. The smallest absolute Gasteiger partial charge is 0.344 e. The van der Waals surface area contributed by atoms with E-state index in [1.807, 2.05) is 0 Å². The summed E-state index contributed by atoms with van der Waals surface area (Å²) in [4.78, 5) is 35.4. The lowest BCUT2D eigenvalue weighted by atomic mass is 10.1. The number of hydrogen-bond donors (Lipinski definition) is 2. The first-order valence-electron chi connectivity index (χ1n) is 8.71. The number of aromatic nitrogens is 2. The molecule has 0 saturated heterocycles. The van der Waals surface area contributed by atoms with Gasteiger partial charge in [-0.05, 0) is 37.3 Å². The fraction of sp³-hybridized carbons (Fsp3) is 0.200. The van der Waals surface area contributed by atoms with Crippen LogP contribution in [0.1, 0.15) is 12.6 Å². The highest BCUT2D eigenvalue weighted by atomic mass is 16.6. The Morgan fingerprint density at radius 2 is 1.79 bits per heavy atom. The van der Waals surface area contributed by atoms with E-state index < -0.39 is 5.97 Å². The number of carbonyl (C=O) groups excluding carboxylic acids is 2. The molecule has 0 radical (unpaired) electrons. The van der Waals surface area contributed by atoms with E-state index in [1.54, 1.807) is 55.5 Å². The van der Waals surface area contributed by atoms with Crippen LogP contribution >= 0.6 is 0 Å². The van der Waals surface area contributed by atoms with Gasteiger partial charge in [0.05, 0.1) is 24.1 Å². The number of carbonyl (C=O) groups is 2. The molecule has 3 rings (SSSR count). The molecule has 0 fully saturated rings. The Kier molecular flexibility index (Phi) is 6.01.